The SMILES string of the molecule is CNCc1cc(C(C)C)on1.Cl. The van der Waals surface area contributed by atoms with E-state index in [4.69, 9.17) is 4.52 Å². The second-order valence-corrected chi connectivity index (χ2v) is 2.91. The molecule has 0 radical (unpaired) electrons. The Kier molecular flexibility index (Phi) is 4.93. The van der Waals surface area contributed by atoms with Gasteiger partial charge in [0.15, 0.2) is 0 Å². The predicted molar refractivity (Wildman–Crippen MR) is 50.6 cm³/mol. The number of nitrogens with zero attached hydrogens (tertiary/aromatic N) is 1. The van der Waals surface area contributed by atoms with Crippen molar-refractivity contribution in [3.63, 3.8) is 0 Å². The molecule has 0 saturated carbocycles. The Balaban J connectivity index is 0.00000121. The van der Waals surface area contributed by atoms with E-state index in [-0.39, 0.29) is 12.4 Å². The van der Waals surface area contributed by atoms with E-state index in [0.717, 1.165) is 18.0 Å². The first-order chi connectivity index (χ1) is 5.24. The number of nitrogens with one attached hydrogen (secondary N) is 1. The number of hydrogen-bond acceptors (Lipinski definition) is 3. The fourth-order valence-electron chi connectivity index (χ4n) is 0.865. The van der Waals surface area contributed by atoms with Crippen LogP contribution in [0, 0.1) is 0 Å². The molecular weight excluding hydrogens is 176 g/mol. The van der Waals surface area contributed by atoms with Crippen LogP contribution in [0.15, 0.2) is 10.6 Å². The molecule has 0 saturated heterocycles. The van der Waals surface area contributed by atoms with Crippen molar-refractivity contribution in [2.45, 2.75) is 26.3 Å². The summed E-state index contributed by atoms with van der Waals surface area (Å²) in [6.45, 7) is 4.95. The van der Waals surface area contributed by atoms with E-state index in [1.165, 1.54) is 0 Å². The fourth-order valence-corrected chi connectivity index (χ4v) is 0.865. The molecule has 0 fully saturated rings. The molecule has 0 amide bonds. The highest BCUT2D eigenvalue weighted by atomic mass is 35.5. The third kappa shape index (κ3) is 2.83. The van der Waals surface area contributed by atoms with E-state index >= 15 is 0 Å². The molecule has 1 aromatic heterocycles. The number of aromatic nitrogens is 1. The van der Waals surface area contributed by atoms with Crippen LogP contribution in [-0.4, -0.2) is 12.2 Å². The average molecular weight is 191 g/mol. The third-order valence-corrected chi connectivity index (χ3v) is 1.50. The molecule has 0 aliphatic rings. The first-order valence-electron chi connectivity index (χ1n) is 3.84. The van der Waals surface area contributed by atoms with Crippen molar-refractivity contribution in [1.29, 1.82) is 0 Å². The molecule has 3 nitrogen and oxygen atoms in total. The quantitative estimate of drug-likeness (QED) is 0.792. The smallest absolute Gasteiger partial charge is 0.139 e. The highest BCUT2D eigenvalue weighted by Crippen LogP contribution is 2.14. The van der Waals surface area contributed by atoms with E-state index in [2.05, 4.69) is 24.3 Å². The van der Waals surface area contributed by atoms with Crippen LogP contribution in [0.4, 0.5) is 0 Å². The Morgan fingerprint density at radius 3 is 2.67 bits per heavy atom. The van der Waals surface area contributed by atoms with E-state index in [9.17, 15) is 0 Å². The molecule has 0 spiro atoms. The summed E-state index contributed by atoms with van der Waals surface area (Å²) in [6.07, 6.45) is 0. The molecule has 0 aliphatic carbocycles. The van der Waals surface area contributed by atoms with Crippen molar-refractivity contribution < 1.29 is 4.52 Å². The monoisotopic (exact) mass is 190 g/mol. The van der Waals surface area contributed by atoms with E-state index in [1.54, 1.807) is 0 Å². The van der Waals surface area contributed by atoms with Gasteiger partial charge in [0.1, 0.15) is 5.76 Å². The first kappa shape index (κ1) is 11.5. The van der Waals surface area contributed by atoms with Crippen LogP contribution in [0.5, 0.6) is 0 Å². The van der Waals surface area contributed by atoms with Crippen LogP contribution in [0.1, 0.15) is 31.2 Å². The van der Waals surface area contributed by atoms with Gasteiger partial charge >= 0.3 is 0 Å². The largest absolute Gasteiger partial charge is 0.361 e. The molecule has 1 rings (SSSR count). The maximum atomic E-state index is 5.09. The zero-order valence-corrected chi connectivity index (χ0v) is 8.44. The van der Waals surface area contributed by atoms with E-state index < -0.39 is 0 Å². The van der Waals surface area contributed by atoms with Crippen LogP contribution >= 0.6 is 12.4 Å². The zero-order chi connectivity index (χ0) is 8.27. The number of rotatable bonds is 3. The summed E-state index contributed by atoms with van der Waals surface area (Å²) in [4.78, 5) is 0. The lowest BCUT2D eigenvalue weighted by molar-refractivity contribution is 0.364. The molecule has 0 aromatic carbocycles. The molecule has 12 heavy (non-hydrogen) atoms. The summed E-state index contributed by atoms with van der Waals surface area (Å²) in [5, 5.41) is 6.90. The van der Waals surface area contributed by atoms with Crippen molar-refractivity contribution in [2.24, 2.45) is 0 Å². The molecule has 0 atom stereocenters. The summed E-state index contributed by atoms with van der Waals surface area (Å²) < 4.78 is 5.09. The molecular formula is C8H15ClN2O. The van der Waals surface area contributed by atoms with Gasteiger partial charge in [0.05, 0.1) is 5.69 Å². The van der Waals surface area contributed by atoms with Crippen LogP contribution in [0.2, 0.25) is 0 Å². The summed E-state index contributed by atoms with van der Waals surface area (Å²) in [7, 11) is 1.89. The summed E-state index contributed by atoms with van der Waals surface area (Å²) >= 11 is 0. The summed E-state index contributed by atoms with van der Waals surface area (Å²) in [6, 6.07) is 1.99. The normalized spacial score (nSPS) is 10.0. The molecule has 1 N–H and O–H groups in total. The minimum Gasteiger partial charge on any atom is -0.361 e. The van der Waals surface area contributed by atoms with Crippen molar-refractivity contribution in [3.8, 4) is 0 Å². The van der Waals surface area contributed by atoms with Crippen LogP contribution in [-0.2, 0) is 6.54 Å². The summed E-state index contributed by atoms with van der Waals surface area (Å²) in [5.41, 5.74) is 0.969. The Hall–Kier alpha value is -0.540. The van der Waals surface area contributed by atoms with Gasteiger partial charge in [-0.3, -0.25) is 0 Å². The minimum atomic E-state index is 0. The lowest BCUT2D eigenvalue weighted by atomic mass is 10.1. The van der Waals surface area contributed by atoms with Crippen molar-refractivity contribution in [1.82, 2.24) is 10.5 Å². The molecule has 0 aliphatic heterocycles. The van der Waals surface area contributed by atoms with Gasteiger partial charge in [-0.05, 0) is 7.05 Å². The highest BCUT2D eigenvalue weighted by molar-refractivity contribution is 5.85. The summed E-state index contributed by atoms with van der Waals surface area (Å²) in [5.74, 6) is 1.38. The Morgan fingerprint density at radius 2 is 2.25 bits per heavy atom. The van der Waals surface area contributed by atoms with Crippen molar-refractivity contribution in [2.75, 3.05) is 7.05 Å². The second kappa shape index (κ2) is 5.17. The maximum Gasteiger partial charge on any atom is 0.139 e. The van der Waals surface area contributed by atoms with Gasteiger partial charge in [-0.1, -0.05) is 19.0 Å². The lowest BCUT2D eigenvalue weighted by Gasteiger charge is -1.93. The molecule has 1 heterocycles. The Morgan fingerprint density at radius 1 is 1.58 bits per heavy atom. The van der Waals surface area contributed by atoms with Gasteiger partial charge in [0, 0.05) is 18.5 Å². The maximum absolute atomic E-state index is 5.09. The van der Waals surface area contributed by atoms with Crippen LogP contribution in [0.3, 0.4) is 0 Å². The van der Waals surface area contributed by atoms with E-state index in [1.807, 2.05) is 13.1 Å². The zero-order valence-electron chi connectivity index (χ0n) is 7.63. The van der Waals surface area contributed by atoms with Crippen LogP contribution < -0.4 is 5.32 Å². The van der Waals surface area contributed by atoms with Gasteiger partial charge in [0.2, 0.25) is 0 Å². The van der Waals surface area contributed by atoms with Crippen molar-refractivity contribution >= 4 is 12.4 Å². The average Bonchev–Trinajstić information content (AvgIpc) is 2.37. The number of hydrogen-bond donors (Lipinski definition) is 1. The third-order valence-electron chi connectivity index (χ3n) is 1.50. The van der Waals surface area contributed by atoms with Gasteiger partial charge in [-0.2, -0.15) is 0 Å². The van der Waals surface area contributed by atoms with Gasteiger partial charge in [-0.25, -0.2) is 0 Å². The fraction of sp³-hybridized carbons (Fsp3) is 0.625. The molecule has 4 heteroatoms. The Labute approximate surface area is 78.9 Å². The molecule has 1 aromatic rings. The van der Waals surface area contributed by atoms with Gasteiger partial charge in [-0.15, -0.1) is 12.4 Å². The second-order valence-electron chi connectivity index (χ2n) is 2.91. The first-order valence-corrected chi connectivity index (χ1v) is 3.84. The lowest BCUT2D eigenvalue weighted by Crippen LogP contribution is -2.04. The molecule has 0 unspecified atom stereocenters. The van der Waals surface area contributed by atoms with Gasteiger partial charge in [0.25, 0.3) is 0 Å². The van der Waals surface area contributed by atoms with Gasteiger partial charge < -0.3 is 9.84 Å². The molecule has 0 bridgehead atoms. The topological polar surface area (TPSA) is 38.1 Å². The van der Waals surface area contributed by atoms with E-state index in [0.29, 0.717) is 5.92 Å². The predicted octanol–water partition coefficient (Wildman–Crippen LogP) is 1.94. The van der Waals surface area contributed by atoms with Crippen LogP contribution in [0.25, 0.3) is 0 Å². The standard InChI is InChI=1S/C8H14N2O.ClH/c1-6(2)8-4-7(5-9-3)10-11-8;/h4,6,9H,5H2,1-3H3;1H. The Bertz CT molecular complexity index is 223. The number of halogens is 1. The minimum absolute atomic E-state index is 0. The molecule has 70 valence electrons. The highest BCUT2D eigenvalue weighted by Gasteiger charge is 2.05. The van der Waals surface area contributed by atoms with Crippen molar-refractivity contribution in [3.05, 3.63) is 17.5 Å².